The zero-order chi connectivity index (χ0) is 42.2. The second kappa shape index (κ2) is 13.2. The van der Waals surface area contributed by atoms with Gasteiger partial charge in [-0.3, -0.25) is 0 Å². The number of benzene rings is 9. The Kier molecular flexibility index (Phi) is 7.61. The highest BCUT2D eigenvalue weighted by molar-refractivity contribution is 7.25. The Morgan fingerprint density at radius 1 is 0.365 bits per heavy atom. The van der Waals surface area contributed by atoms with Crippen LogP contribution in [0.25, 0.3) is 81.0 Å². The number of para-hydroxylation sites is 1. The van der Waals surface area contributed by atoms with Gasteiger partial charge in [0.25, 0.3) is 0 Å². The Hall–Kier alpha value is -7.20. The highest BCUT2D eigenvalue weighted by atomic mass is 32.1. The van der Waals surface area contributed by atoms with Gasteiger partial charge in [-0.15, -0.1) is 11.3 Å². The molecule has 0 atom stereocenters. The summed E-state index contributed by atoms with van der Waals surface area (Å²) >= 11 is 1.87. The van der Waals surface area contributed by atoms with Crippen molar-refractivity contribution in [2.45, 2.75) is 38.5 Å². The summed E-state index contributed by atoms with van der Waals surface area (Å²) in [5, 5.41) is 5.15. The summed E-state index contributed by atoms with van der Waals surface area (Å²) < 4.78 is 5.09. The van der Waals surface area contributed by atoms with Crippen molar-refractivity contribution in [2.24, 2.45) is 0 Å². The molecule has 0 saturated heterocycles. The van der Waals surface area contributed by atoms with Crippen LogP contribution in [0.3, 0.4) is 0 Å². The molecule has 3 heteroatoms. The molecule has 13 rings (SSSR count). The second-order valence-corrected chi connectivity index (χ2v) is 19.6. The zero-order valence-corrected chi connectivity index (χ0v) is 36.6. The number of hydrogen-bond donors (Lipinski definition) is 0. The Labute approximate surface area is 371 Å². The summed E-state index contributed by atoms with van der Waals surface area (Å²) in [5.41, 5.74) is 20.1. The van der Waals surface area contributed by atoms with E-state index in [1.54, 1.807) is 0 Å². The number of rotatable bonds is 5. The maximum absolute atomic E-state index is 2.47. The monoisotopic (exact) mass is 824 g/mol. The van der Waals surface area contributed by atoms with Crippen LogP contribution in [0.4, 0.5) is 17.1 Å². The van der Waals surface area contributed by atoms with E-state index in [1.807, 2.05) is 11.3 Å². The van der Waals surface area contributed by atoms with Gasteiger partial charge in [-0.2, -0.15) is 0 Å². The molecule has 9 aromatic carbocycles. The molecule has 2 heterocycles. The molecule has 0 spiro atoms. The molecule has 0 fully saturated rings. The van der Waals surface area contributed by atoms with E-state index in [9.17, 15) is 0 Å². The van der Waals surface area contributed by atoms with Gasteiger partial charge in [0.05, 0.1) is 11.0 Å². The van der Waals surface area contributed by atoms with E-state index in [4.69, 9.17) is 0 Å². The largest absolute Gasteiger partial charge is 0.310 e. The first-order chi connectivity index (χ1) is 30.7. The van der Waals surface area contributed by atoms with Crippen LogP contribution in [0.1, 0.15) is 49.9 Å². The number of hydrogen-bond acceptors (Lipinski definition) is 2. The van der Waals surface area contributed by atoms with Crippen LogP contribution in [0.5, 0.6) is 0 Å². The smallest absolute Gasteiger partial charge is 0.0541 e. The third kappa shape index (κ3) is 5.24. The number of thiophene rings is 1. The van der Waals surface area contributed by atoms with Crippen LogP contribution in [0.15, 0.2) is 194 Å². The quantitative estimate of drug-likeness (QED) is 0.168. The number of anilines is 3. The third-order valence-corrected chi connectivity index (χ3v) is 15.6. The van der Waals surface area contributed by atoms with E-state index in [1.165, 1.54) is 115 Å². The summed E-state index contributed by atoms with van der Waals surface area (Å²) in [6.45, 7) is 9.48. The van der Waals surface area contributed by atoms with Gasteiger partial charge in [0.2, 0.25) is 0 Å². The molecule has 300 valence electrons. The maximum Gasteiger partial charge on any atom is 0.0541 e. The standard InChI is InChI=1S/C60H44N2S/c1-59(2)51-17-9-5-13-43(51)45-29-26-41(35-53(45)59)61(42-27-30-46-44-14-6-10-18-52(44)60(3,4)54(46)36-42)39-24-21-37(22-25-39)38-23-31-56-49(33-38)47-15-7-11-19-55(47)62(56)40-28-32-58-50(34-40)48-16-8-12-20-57(48)63-58/h5-36H,1-4H3. The van der Waals surface area contributed by atoms with E-state index in [0.29, 0.717) is 0 Å². The normalized spacial score (nSPS) is 14.3. The molecule has 63 heavy (non-hydrogen) atoms. The lowest BCUT2D eigenvalue weighted by Crippen LogP contribution is -2.18. The van der Waals surface area contributed by atoms with Crippen LogP contribution in [-0.2, 0) is 10.8 Å². The van der Waals surface area contributed by atoms with Gasteiger partial charge in [-0.05, 0) is 134 Å². The van der Waals surface area contributed by atoms with E-state index in [2.05, 4.69) is 231 Å². The SMILES string of the molecule is CC1(C)c2ccccc2-c2ccc(N(c3ccc(-c4ccc5c(c4)c4ccccc4n5-c4ccc5sc6ccccc6c5c4)cc3)c3ccc4c(c3)C(C)(C)c3ccccc3-4)cc21. The van der Waals surface area contributed by atoms with E-state index in [0.717, 1.165) is 5.69 Å². The molecular formula is C60H44N2S. The molecule has 0 aliphatic heterocycles. The summed E-state index contributed by atoms with van der Waals surface area (Å²) in [4.78, 5) is 2.47. The van der Waals surface area contributed by atoms with Crippen molar-refractivity contribution >= 4 is 70.4 Å². The lowest BCUT2D eigenvalue weighted by Gasteiger charge is -2.30. The van der Waals surface area contributed by atoms with Crippen LogP contribution in [-0.4, -0.2) is 4.57 Å². The molecule has 0 amide bonds. The fourth-order valence-electron chi connectivity index (χ4n) is 11.2. The summed E-state index contributed by atoms with van der Waals surface area (Å²) in [7, 11) is 0. The van der Waals surface area contributed by atoms with Gasteiger partial charge in [0.1, 0.15) is 0 Å². The molecule has 0 saturated carbocycles. The zero-order valence-electron chi connectivity index (χ0n) is 35.8. The van der Waals surface area contributed by atoms with Crippen molar-refractivity contribution < 1.29 is 0 Å². The average molecular weight is 825 g/mol. The topological polar surface area (TPSA) is 8.17 Å². The van der Waals surface area contributed by atoms with Crippen LogP contribution in [0, 0.1) is 0 Å². The molecule has 11 aromatic rings. The number of aromatic nitrogens is 1. The molecular weight excluding hydrogens is 781 g/mol. The molecule has 0 bridgehead atoms. The highest BCUT2D eigenvalue weighted by Gasteiger charge is 2.37. The van der Waals surface area contributed by atoms with Crippen LogP contribution >= 0.6 is 11.3 Å². The van der Waals surface area contributed by atoms with Crippen molar-refractivity contribution in [2.75, 3.05) is 4.90 Å². The molecule has 2 aliphatic carbocycles. The van der Waals surface area contributed by atoms with E-state index in [-0.39, 0.29) is 10.8 Å². The summed E-state index contributed by atoms with van der Waals surface area (Å²) in [6.07, 6.45) is 0. The lowest BCUT2D eigenvalue weighted by atomic mass is 9.82. The minimum Gasteiger partial charge on any atom is -0.310 e. The Balaban J connectivity index is 0.928. The van der Waals surface area contributed by atoms with Crippen molar-refractivity contribution in [3.8, 4) is 39.1 Å². The maximum atomic E-state index is 2.47. The van der Waals surface area contributed by atoms with Gasteiger partial charge in [-0.1, -0.05) is 143 Å². The predicted molar refractivity (Wildman–Crippen MR) is 269 cm³/mol. The van der Waals surface area contributed by atoms with Gasteiger partial charge < -0.3 is 9.47 Å². The minimum absolute atomic E-state index is 0.105. The Morgan fingerprint density at radius 2 is 0.889 bits per heavy atom. The second-order valence-electron chi connectivity index (χ2n) is 18.5. The van der Waals surface area contributed by atoms with Gasteiger partial charge >= 0.3 is 0 Å². The van der Waals surface area contributed by atoms with Gasteiger partial charge in [-0.25, -0.2) is 0 Å². The first-order valence-electron chi connectivity index (χ1n) is 22.1. The lowest BCUT2D eigenvalue weighted by molar-refractivity contribution is 0.660. The molecule has 0 radical (unpaired) electrons. The van der Waals surface area contributed by atoms with Gasteiger partial charge in [0.15, 0.2) is 0 Å². The minimum atomic E-state index is -0.105. The molecule has 2 nitrogen and oxygen atoms in total. The Bertz CT molecular complexity index is 3580. The van der Waals surface area contributed by atoms with Crippen LogP contribution in [0.2, 0.25) is 0 Å². The van der Waals surface area contributed by atoms with Crippen LogP contribution < -0.4 is 4.90 Å². The molecule has 2 aromatic heterocycles. The predicted octanol–water partition coefficient (Wildman–Crippen LogP) is 16.9. The summed E-state index contributed by atoms with van der Waals surface area (Å²) in [5.74, 6) is 0. The first-order valence-corrected chi connectivity index (χ1v) is 22.9. The van der Waals surface area contributed by atoms with Crippen molar-refractivity contribution in [1.82, 2.24) is 4.57 Å². The van der Waals surface area contributed by atoms with E-state index >= 15 is 0 Å². The average Bonchev–Trinajstić information content (AvgIpc) is 4.00. The number of nitrogens with zero attached hydrogens (tertiary/aromatic N) is 2. The number of fused-ring (bicyclic) bond motifs is 12. The van der Waals surface area contributed by atoms with Crippen molar-refractivity contribution in [1.29, 1.82) is 0 Å². The van der Waals surface area contributed by atoms with Crippen molar-refractivity contribution in [3.05, 3.63) is 216 Å². The summed E-state index contributed by atoms with van der Waals surface area (Å²) in [6, 6.07) is 72.8. The highest BCUT2D eigenvalue weighted by Crippen LogP contribution is 2.53. The first kappa shape index (κ1) is 36.5. The molecule has 2 aliphatic rings. The molecule has 0 unspecified atom stereocenters. The fourth-order valence-corrected chi connectivity index (χ4v) is 12.3. The molecule has 0 N–H and O–H groups in total. The van der Waals surface area contributed by atoms with Gasteiger partial charge in [0, 0.05) is 64.5 Å². The third-order valence-electron chi connectivity index (χ3n) is 14.4. The van der Waals surface area contributed by atoms with Crippen molar-refractivity contribution in [3.63, 3.8) is 0 Å². The Morgan fingerprint density at radius 3 is 1.57 bits per heavy atom. The van der Waals surface area contributed by atoms with E-state index < -0.39 is 0 Å². The fraction of sp³-hybridized carbons (Fsp3) is 0.100.